The van der Waals surface area contributed by atoms with Crippen molar-refractivity contribution in [3.05, 3.63) is 58.7 Å². The van der Waals surface area contributed by atoms with Crippen LogP contribution in [0.4, 0.5) is 11.5 Å². The monoisotopic (exact) mass is 312 g/mol. The second kappa shape index (κ2) is 5.81. The van der Waals surface area contributed by atoms with E-state index >= 15 is 0 Å². The van der Waals surface area contributed by atoms with E-state index in [9.17, 15) is 10.1 Å². The van der Waals surface area contributed by atoms with Crippen molar-refractivity contribution in [1.82, 2.24) is 19.7 Å². The van der Waals surface area contributed by atoms with Gasteiger partial charge in [0.2, 0.25) is 5.82 Å². The van der Waals surface area contributed by atoms with E-state index in [1.54, 1.807) is 18.3 Å². The van der Waals surface area contributed by atoms with E-state index in [0.29, 0.717) is 22.5 Å². The summed E-state index contributed by atoms with van der Waals surface area (Å²) in [6.45, 7) is -0.0971. The molecule has 0 saturated heterocycles. The molecule has 116 valence electrons. The molecule has 0 aliphatic rings. The Bertz CT molecular complexity index is 859. The number of hydrogen-bond donors (Lipinski definition) is 2. The molecule has 0 bridgehead atoms. The lowest BCUT2D eigenvalue weighted by Gasteiger charge is -2.02. The molecule has 0 fully saturated rings. The summed E-state index contributed by atoms with van der Waals surface area (Å²) in [6, 6.07) is 4.92. The van der Waals surface area contributed by atoms with Crippen LogP contribution in [0.1, 0.15) is 5.56 Å². The number of aliphatic hydroxyl groups excluding tert-OH is 1. The van der Waals surface area contributed by atoms with Crippen molar-refractivity contribution < 1.29 is 10.0 Å². The Labute approximate surface area is 130 Å². The predicted octanol–water partition coefficient (Wildman–Crippen LogP) is 1.31. The van der Waals surface area contributed by atoms with Crippen molar-refractivity contribution in [3.63, 3.8) is 0 Å². The molecule has 0 atom stereocenters. The summed E-state index contributed by atoms with van der Waals surface area (Å²) in [5.74, 6) is 0.379. The smallest absolute Gasteiger partial charge is 0.319 e. The zero-order chi connectivity index (χ0) is 16.4. The van der Waals surface area contributed by atoms with Gasteiger partial charge in [-0.05, 0) is 17.7 Å². The molecular formula is C14H12N6O3. The molecule has 3 heterocycles. The Kier molecular flexibility index (Phi) is 3.69. The third-order valence-electron chi connectivity index (χ3n) is 3.26. The Morgan fingerprint density at radius 3 is 2.74 bits per heavy atom. The minimum absolute atomic E-state index is 0.0971. The molecule has 0 aliphatic carbocycles. The number of nitrogen functional groups attached to an aromatic ring is 1. The molecule has 23 heavy (non-hydrogen) atoms. The summed E-state index contributed by atoms with van der Waals surface area (Å²) in [6.07, 6.45) is 6.04. The molecule has 0 aliphatic heterocycles. The summed E-state index contributed by atoms with van der Waals surface area (Å²) in [5.41, 5.74) is 6.88. The molecule has 0 aromatic carbocycles. The van der Waals surface area contributed by atoms with E-state index in [4.69, 9.17) is 10.8 Å². The van der Waals surface area contributed by atoms with Crippen molar-refractivity contribution in [1.29, 1.82) is 0 Å². The fourth-order valence-corrected chi connectivity index (χ4v) is 2.13. The summed E-state index contributed by atoms with van der Waals surface area (Å²) in [4.78, 5) is 18.5. The summed E-state index contributed by atoms with van der Waals surface area (Å²) >= 11 is 0. The molecule has 3 aromatic rings. The minimum Gasteiger partial charge on any atom is -0.392 e. The van der Waals surface area contributed by atoms with Gasteiger partial charge >= 0.3 is 5.69 Å². The fraction of sp³-hybridized carbons (Fsp3) is 0.0714. The molecule has 0 saturated carbocycles. The Balaban J connectivity index is 2.02. The average molecular weight is 312 g/mol. The van der Waals surface area contributed by atoms with Gasteiger partial charge in [0.15, 0.2) is 5.82 Å². The first-order valence-electron chi connectivity index (χ1n) is 6.60. The molecular weight excluding hydrogens is 300 g/mol. The van der Waals surface area contributed by atoms with Crippen LogP contribution in [0.15, 0.2) is 43.0 Å². The maximum absolute atomic E-state index is 11.2. The standard InChI is InChI=1S/C14H12N6O3/c15-14-13(20(22)23)11(3-4-16-14)10-6-18-19(7-10)12-2-1-9(8-21)5-17-12/h1-7,21H,8H2,(H2,15,16). The quantitative estimate of drug-likeness (QED) is 0.548. The van der Waals surface area contributed by atoms with Crippen LogP contribution in [0.2, 0.25) is 0 Å². The van der Waals surface area contributed by atoms with Gasteiger partial charge in [0.05, 0.1) is 23.3 Å². The summed E-state index contributed by atoms with van der Waals surface area (Å²) in [7, 11) is 0. The molecule has 0 unspecified atom stereocenters. The van der Waals surface area contributed by atoms with E-state index in [1.165, 1.54) is 29.3 Å². The summed E-state index contributed by atoms with van der Waals surface area (Å²) < 4.78 is 1.48. The van der Waals surface area contributed by atoms with E-state index in [1.807, 2.05) is 0 Å². The number of aliphatic hydroxyl groups is 1. The molecule has 3 N–H and O–H groups in total. The van der Waals surface area contributed by atoms with Crippen molar-refractivity contribution in [2.75, 3.05) is 5.73 Å². The van der Waals surface area contributed by atoms with Crippen LogP contribution >= 0.6 is 0 Å². The first-order chi connectivity index (χ1) is 11.1. The maximum Gasteiger partial charge on any atom is 0.319 e. The Morgan fingerprint density at radius 1 is 1.26 bits per heavy atom. The van der Waals surface area contributed by atoms with Gasteiger partial charge in [-0.25, -0.2) is 14.6 Å². The Morgan fingerprint density at radius 2 is 2.09 bits per heavy atom. The Hall–Kier alpha value is -3.33. The molecule has 3 aromatic heterocycles. The predicted molar refractivity (Wildman–Crippen MR) is 81.6 cm³/mol. The molecule has 3 rings (SSSR count). The van der Waals surface area contributed by atoms with Crippen LogP contribution in [0, 0.1) is 10.1 Å². The maximum atomic E-state index is 11.2. The van der Waals surface area contributed by atoms with Gasteiger partial charge in [-0.1, -0.05) is 6.07 Å². The molecule has 0 spiro atoms. The number of rotatable bonds is 4. The second-order valence-electron chi connectivity index (χ2n) is 4.71. The summed E-state index contributed by atoms with van der Waals surface area (Å²) in [5, 5.41) is 24.4. The number of nitrogens with zero attached hydrogens (tertiary/aromatic N) is 5. The van der Waals surface area contributed by atoms with Gasteiger partial charge in [-0.3, -0.25) is 10.1 Å². The second-order valence-corrected chi connectivity index (χ2v) is 4.71. The van der Waals surface area contributed by atoms with Gasteiger partial charge < -0.3 is 10.8 Å². The van der Waals surface area contributed by atoms with Crippen molar-refractivity contribution in [2.24, 2.45) is 0 Å². The topological polar surface area (TPSA) is 133 Å². The lowest BCUT2D eigenvalue weighted by atomic mass is 10.1. The van der Waals surface area contributed by atoms with E-state index in [0.717, 1.165) is 0 Å². The van der Waals surface area contributed by atoms with Crippen LogP contribution in [0.5, 0.6) is 0 Å². The lowest BCUT2D eigenvalue weighted by molar-refractivity contribution is -0.383. The average Bonchev–Trinajstić information content (AvgIpc) is 3.04. The number of aromatic nitrogens is 4. The van der Waals surface area contributed by atoms with E-state index < -0.39 is 4.92 Å². The lowest BCUT2D eigenvalue weighted by Crippen LogP contribution is -2.00. The fourth-order valence-electron chi connectivity index (χ4n) is 2.13. The van der Waals surface area contributed by atoms with Crippen molar-refractivity contribution in [3.8, 4) is 16.9 Å². The van der Waals surface area contributed by atoms with Crippen LogP contribution in [-0.2, 0) is 6.61 Å². The number of hydrogen-bond acceptors (Lipinski definition) is 7. The molecule has 9 heteroatoms. The first-order valence-corrected chi connectivity index (χ1v) is 6.60. The van der Waals surface area contributed by atoms with Gasteiger partial charge in [-0.15, -0.1) is 0 Å². The molecule has 0 amide bonds. The van der Waals surface area contributed by atoms with Gasteiger partial charge in [-0.2, -0.15) is 5.10 Å². The number of anilines is 1. The normalized spacial score (nSPS) is 10.7. The highest BCUT2D eigenvalue weighted by Gasteiger charge is 2.21. The van der Waals surface area contributed by atoms with Crippen LogP contribution in [0.3, 0.4) is 0 Å². The van der Waals surface area contributed by atoms with Gasteiger partial charge in [0, 0.05) is 24.2 Å². The van der Waals surface area contributed by atoms with Crippen LogP contribution in [-0.4, -0.2) is 29.8 Å². The van der Waals surface area contributed by atoms with Crippen LogP contribution in [0.25, 0.3) is 16.9 Å². The largest absolute Gasteiger partial charge is 0.392 e. The highest BCUT2D eigenvalue weighted by molar-refractivity contribution is 5.78. The number of pyridine rings is 2. The zero-order valence-electron chi connectivity index (χ0n) is 11.8. The molecule has 9 nitrogen and oxygen atoms in total. The van der Waals surface area contributed by atoms with Gasteiger partial charge in [0.1, 0.15) is 0 Å². The van der Waals surface area contributed by atoms with Crippen molar-refractivity contribution in [2.45, 2.75) is 6.61 Å². The molecule has 0 radical (unpaired) electrons. The van der Waals surface area contributed by atoms with E-state index in [2.05, 4.69) is 15.1 Å². The highest BCUT2D eigenvalue weighted by Crippen LogP contribution is 2.32. The van der Waals surface area contributed by atoms with Gasteiger partial charge in [0.25, 0.3) is 0 Å². The highest BCUT2D eigenvalue weighted by atomic mass is 16.6. The third kappa shape index (κ3) is 2.72. The zero-order valence-corrected chi connectivity index (χ0v) is 11.8. The number of nitrogens with two attached hydrogens (primary N) is 1. The van der Waals surface area contributed by atoms with Crippen LogP contribution < -0.4 is 5.73 Å². The number of nitro groups is 1. The third-order valence-corrected chi connectivity index (χ3v) is 3.26. The van der Waals surface area contributed by atoms with E-state index in [-0.39, 0.29) is 18.1 Å². The minimum atomic E-state index is -0.566. The van der Waals surface area contributed by atoms with Crippen molar-refractivity contribution >= 4 is 11.5 Å². The first kappa shape index (κ1) is 14.6. The SMILES string of the molecule is Nc1nccc(-c2cnn(-c3ccc(CO)cn3)c2)c1[N+](=O)[O-].